The lowest BCUT2D eigenvalue weighted by atomic mass is 10.0. The van der Waals surface area contributed by atoms with Crippen LogP contribution in [0.15, 0.2) is 29.2 Å². The first-order valence-electron chi connectivity index (χ1n) is 8.20. The van der Waals surface area contributed by atoms with Crippen molar-refractivity contribution in [1.82, 2.24) is 4.90 Å². The van der Waals surface area contributed by atoms with Gasteiger partial charge in [-0.15, -0.1) is 0 Å². The van der Waals surface area contributed by atoms with Crippen molar-refractivity contribution >= 4 is 21.9 Å². The molecule has 0 spiro atoms. The molecule has 25 heavy (non-hydrogen) atoms. The monoisotopic (exact) mass is 370 g/mol. The van der Waals surface area contributed by atoms with Gasteiger partial charge >= 0.3 is 5.97 Å². The summed E-state index contributed by atoms with van der Waals surface area (Å²) in [5, 5.41) is 5.08. The molecule has 2 N–H and O–H groups in total. The lowest BCUT2D eigenvalue weighted by Gasteiger charge is -2.26. The molecule has 1 rings (SSSR count). The highest BCUT2D eigenvalue weighted by Crippen LogP contribution is 2.16. The third kappa shape index (κ3) is 6.47. The van der Waals surface area contributed by atoms with E-state index in [9.17, 15) is 18.0 Å². The van der Waals surface area contributed by atoms with Crippen molar-refractivity contribution < 1.29 is 22.7 Å². The smallest absolute Gasteiger partial charge is 0.307 e. The minimum Gasteiger partial charge on any atom is -0.469 e. The Kier molecular flexibility index (Phi) is 8.05. The van der Waals surface area contributed by atoms with Crippen LogP contribution in [0.2, 0.25) is 0 Å². The van der Waals surface area contributed by atoms with E-state index in [0.717, 1.165) is 5.56 Å². The highest BCUT2D eigenvalue weighted by molar-refractivity contribution is 7.89. The van der Waals surface area contributed by atoms with Crippen molar-refractivity contribution in [2.24, 2.45) is 11.1 Å². The second kappa shape index (κ2) is 9.53. The average molecular weight is 370 g/mol. The van der Waals surface area contributed by atoms with Crippen molar-refractivity contribution in [3.8, 4) is 0 Å². The van der Waals surface area contributed by atoms with E-state index in [1.165, 1.54) is 19.2 Å². The van der Waals surface area contributed by atoms with Crippen LogP contribution in [0.5, 0.6) is 0 Å². The molecular weight excluding hydrogens is 344 g/mol. The normalized spacial score (nSPS) is 11.4. The molecule has 1 amide bonds. The van der Waals surface area contributed by atoms with Gasteiger partial charge in [-0.25, -0.2) is 13.6 Å². The van der Waals surface area contributed by atoms with Gasteiger partial charge in [0.1, 0.15) is 0 Å². The summed E-state index contributed by atoms with van der Waals surface area (Å²) in [7, 11) is -2.45. The summed E-state index contributed by atoms with van der Waals surface area (Å²) >= 11 is 0. The van der Waals surface area contributed by atoms with E-state index in [2.05, 4.69) is 4.74 Å². The molecule has 1 aromatic carbocycles. The van der Waals surface area contributed by atoms with Crippen LogP contribution in [0.3, 0.4) is 0 Å². The van der Waals surface area contributed by atoms with E-state index in [1.807, 2.05) is 13.8 Å². The standard InChI is InChI=1S/C17H26N2O5S/c1-4-14(5-2)17(21)19(11-10-16(20)24-3)12-13-6-8-15(9-7-13)25(18,22)23/h6-9,14H,4-5,10-12H2,1-3H3,(H2,18,22,23). The number of hydrogen-bond acceptors (Lipinski definition) is 5. The van der Waals surface area contributed by atoms with Gasteiger partial charge in [-0.2, -0.15) is 0 Å². The highest BCUT2D eigenvalue weighted by atomic mass is 32.2. The number of carbonyl (C=O) groups is 2. The van der Waals surface area contributed by atoms with Crippen LogP contribution in [0.4, 0.5) is 0 Å². The van der Waals surface area contributed by atoms with Gasteiger partial charge in [0.25, 0.3) is 0 Å². The van der Waals surface area contributed by atoms with Crippen molar-refractivity contribution in [2.75, 3.05) is 13.7 Å². The van der Waals surface area contributed by atoms with Crippen molar-refractivity contribution in [1.29, 1.82) is 0 Å². The Labute approximate surface area is 149 Å². The summed E-state index contributed by atoms with van der Waals surface area (Å²) in [6.45, 7) is 4.44. The highest BCUT2D eigenvalue weighted by Gasteiger charge is 2.22. The van der Waals surface area contributed by atoms with Crippen molar-refractivity contribution in [3.05, 3.63) is 29.8 Å². The van der Waals surface area contributed by atoms with Gasteiger partial charge in [0.05, 0.1) is 18.4 Å². The summed E-state index contributed by atoms with van der Waals surface area (Å²) < 4.78 is 27.3. The molecule has 0 aliphatic carbocycles. The minimum atomic E-state index is -3.75. The molecule has 0 aliphatic heterocycles. The predicted octanol–water partition coefficient (Wildman–Crippen LogP) is 1.66. The third-order valence-electron chi connectivity index (χ3n) is 4.09. The van der Waals surface area contributed by atoms with Crippen LogP contribution in [-0.4, -0.2) is 38.8 Å². The quantitative estimate of drug-likeness (QED) is 0.665. The molecule has 8 heteroatoms. The minimum absolute atomic E-state index is 0.0173. The Morgan fingerprint density at radius 1 is 1.16 bits per heavy atom. The van der Waals surface area contributed by atoms with Gasteiger partial charge in [-0.3, -0.25) is 9.59 Å². The number of nitrogens with two attached hydrogens (primary N) is 1. The number of ether oxygens (including phenoxy) is 1. The van der Waals surface area contributed by atoms with Crippen molar-refractivity contribution in [2.45, 2.75) is 44.6 Å². The van der Waals surface area contributed by atoms with E-state index >= 15 is 0 Å². The number of carbonyl (C=O) groups excluding carboxylic acids is 2. The zero-order valence-electron chi connectivity index (χ0n) is 14.9. The molecule has 0 atom stereocenters. The lowest BCUT2D eigenvalue weighted by Crippen LogP contribution is -2.37. The summed E-state index contributed by atoms with van der Waals surface area (Å²) in [5.41, 5.74) is 0.761. The fourth-order valence-corrected chi connectivity index (χ4v) is 3.01. The molecule has 0 saturated heterocycles. The lowest BCUT2D eigenvalue weighted by molar-refractivity contribution is -0.142. The van der Waals surface area contributed by atoms with E-state index in [0.29, 0.717) is 12.8 Å². The second-order valence-corrected chi connectivity index (χ2v) is 7.35. The van der Waals surface area contributed by atoms with Crippen LogP contribution in [0, 0.1) is 5.92 Å². The molecule has 0 aromatic heterocycles. The number of primary sulfonamides is 1. The van der Waals surface area contributed by atoms with Crippen LogP contribution in [0.1, 0.15) is 38.7 Å². The molecule has 0 saturated carbocycles. The zero-order chi connectivity index (χ0) is 19.0. The van der Waals surface area contributed by atoms with Crippen LogP contribution >= 0.6 is 0 Å². The fraction of sp³-hybridized carbons (Fsp3) is 0.529. The zero-order valence-corrected chi connectivity index (χ0v) is 15.7. The number of rotatable bonds is 9. The van der Waals surface area contributed by atoms with Crippen LogP contribution in [0.25, 0.3) is 0 Å². The maximum absolute atomic E-state index is 12.7. The molecule has 0 fully saturated rings. The van der Waals surface area contributed by atoms with Gasteiger partial charge < -0.3 is 9.64 Å². The molecule has 0 heterocycles. The van der Waals surface area contributed by atoms with Crippen molar-refractivity contribution in [3.63, 3.8) is 0 Å². The van der Waals surface area contributed by atoms with Gasteiger partial charge in [0.15, 0.2) is 0 Å². The largest absolute Gasteiger partial charge is 0.469 e. The molecule has 7 nitrogen and oxygen atoms in total. The summed E-state index contributed by atoms with van der Waals surface area (Å²) in [5.74, 6) is -0.516. The Balaban J connectivity index is 2.95. The van der Waals surface area contributed by atoms with Gasteiger partial charge in [-0.1, -0.05) is 26.0 Å². The molecule has 0 radical (unpaired) electrons. The number of benzene rings is 1. The second-order valence-electron chi connectivity index (χ2n) is 5.79. The fourth-order valence-electron chi connectivity index (χ4n) is 2.50. The Morgan fingerprint density at radius 2 is 1.72 bits per heavy atom. The van der Waals surface area contributed by atoms with Crippen LogP contribution in [-0.2, 0) is 30.9 Å². The average Bonchev–Trinajstić information content (AvgIpc) is 2.58. The van der Waals surface area contributed by atoms with E-state index in [1.54, 1.807) is 17.0 Å². The first-order chi connectivity index (χ1) is 11.7. The number of methoxy groups -OCH3 is 1. The number of amides is 1. The number of hydrogen-bond donors (Lipinski definition) is 1. The SMILES string of the molecule is CCC(CC)C(=O)N(CCC(=O)OC)Cc1ccc(S(N)(=O)=O)cc1. The molecule has 0 aliphatic rings. The van der Waals surface area contributed by atoms with Crippen LogP contribution < -0.4 is 5.14 Å². The topological polar surface area (TPSA) is 107 Å². The maximum atomic E-state index is 12.7. The molecule has 1 aromatic rings. The number of nitrogens with zero attached hydrogens (tertiary/aromatic N) is 1. The third-order valence-corrected chi connectivity index (χ3v) is 5.01. The van der Waals surface area contributed by atoms with Gasteiger partial charge in [0, 0.05) is 19.0 Å². The van der Waals surface area contributed by atoms with Gasteiger partial charge in [-0.05, 0) is 30.5 Å². The summed E-state index contributed by atoms with van der Waals surface area (Å²) in [4.78, 5) is 25.7. The van der Waals surface area contributed by atoms with E-state index in [4.69, 9.17) is 5.14 Å². The first kappa shape index (κ1) is 21.1. The predicted molar refractivity (Wildman–Crippen MR) is 93.9 cm³/mol. The van der Waals surface area contributed by atoms with Gasteiger partial charge in [0.2, 0.25) is 15.9 Å². The Morgan fingerprint density at radius 3 is 2.16 bits per heavy atom. The summed E-state index contributed by atoms with van der Waals surface area (Å²) in [6, 6.07) is 6.05. The van der Waals surface area contributed by atoms with E-state index in [-0.39, 0.29) is 42.2 Å². The maximum Gasteiger partial charge on any atom is 0.307 e. The van der Waals surface area contributed by atoms with E-state index < -0.39 is 10.0 Å². The number of sulfonamides is 1. The molecule has 0 unspecified atom stereocenters. The molecule has 140 valence electrons. The first-order valence-corrected chi connectivity index (χ1v) is 9.74. The summed E-state index contributed by atoms with van der Waals surface area (Å²) in [6.07, 6.45) is 1.54. The number of esters is 1. The molecular formula is C17H26N2O5S. The Hall–Kier alpha value is -1.93. The molecule has 0 bridgehead atoms. The Bertz CT molecular complexity index is 681.